The molecule has 1 aliphatic rings. The molecule has 1 atom stereocenters. The molecule has 2 heterocycles. The summed E-state index contributed by atoms with van der Waals surface area (Å²) in [5.41, 5.74) is 5.51. The van der Waals surface area contributed by atoms with E-state index in [-0.39, 0.29) is 6.10 Å². The van der Waals surface area contributed by atoms with Gasteiger partial charge in [-0.1, -0.05) is 11.3 Å². The fourth-order valence-electron chi connectivity index (χ4n) is 1.28. The molecule has 5 heteroatoms. The van der Waals surface area contributed by atoms with Crippen LogP contribution in [0.25, 0.3) is 0 Å². The Balaban J connectivity index is 1.78. The van der Waals surface area contributed by atoms with E-state index in [9.17, 15) is 0 Å². The molecule has 0 spiro atoms. The Labute approximate surface area is 80.7 Å². The van der Waals surface area contributed by atoms with E-state index >= 15 is 0 Å². The number of nitrogens with two attached hydrogens (primary N) is 1. The van der Waals surface area contributed by atoms with Gasteiger partial charge in [0, 0.05) is 6.61 Å². The van der Waals surface area contributed by atoms with Crippen molar-refractivity contribution in [3.63, 3.8) is 0 Å². The molecule has 1 saturated heterocycles. The normalized spacial score (nSPS) is 22.0. The summed E-state index contributed by atoms with van der Waals surface area (Å²) in [6.07, 6.45) is 4.06. The molecule has 1 unspecified atom stereocenters. The zero-order valence-corrected chi connectivity index (χ0v) is 8.05. The number of anilines is 1. The number of aromatic nitrogens is 1. The number of nitrogens with zero attached hydrogens (tertiary/aromatic N) is 1. The number of rotatable bonds is 3. The van der Waals surface area contributed by atoms with Gasteiger partial charge in [-0.25, -0.2) is 4.98 Å². The molecule has 2 N–H and O–H groups in total. The molecule has 1 aliphatic heterocycles. The van der Waals surface area contributed by atoms with Gasteiger partial charge in [0.25, 0.3) is 5.19 Å². The molecule has 0 radical (unpaired) electrons. The highest BCUT2D eigenvalue weighted by Gasteiger charge is 2.16. The molecule has 0 aliphatic carbocycles. The second kappa shape index (κ2) is 3.93. The monoisotopic (exact) mass is 200 g/mol. The first-order valence-electron chi connectivity index (χ1n) is 4.30. The molecular weight excluding hydrogens is 188 g/mol. The number of thiazole rings is 1. The van der Waals surface area contributed by atoms with Crippen molar-refractivity contribution in [3.8, 4) is 5.19 Å². The van der Waals surface area contributed by atoms with Crippen LogP contribution in [0, 0.1) is 0 Å². The van der Waals surface area contributed by atoms with Crippen LogP contribution >= 0.6 is 11.3 Å². The maximum atomic E-state index is 5.51. The quantitative estimate of drug-likeness (QED) is 0.798. The first kappa shape index (κ1) is 8.77. The zero-order valence-electron chi connectivity index (χ0n) is 7.23. The van der Waals surface area contributed by atoms with Gasteiger partial charge in [0.2, 0.25) is 0 Å². The summed E-state index contributed by atoms with van der Waals surface area (Å²) >= 11 is 1.36. The second-order valence-corrected chi connectivity index (χ2v) is 4.00. The van der Waals surface area contributed by atoms with Crippen LogP contribution in [0.5, 0.6) is 5.19 Å². The lowest BCUT2D eigenvalue weighted by Gasteiger charge is -2.08. The minimum absolute atomic E-state index is 0.241. The first-order chi connectivity index (χ1) is 6.34. The van der Waals surface area contributed by atoms with Crippen molar-refractivity contribution in [2.24, 2.45) is 0 Å². The van der Waals surface area contributed by atoms with Crippen molar-refractivity contribution >= 4 is 16.3 Å². The SMILES string of the molecule is Nc1cnc(OCC2CCCO2)s1. The number of hydrogen-bond donors (Lipinski definition) is 1. The molecule has 2 rings (SSSR count). The van der Waals surface area contributed by atoms with Gasteiger partial charge in [0.1, 0.15) is 11.6 Å². The van der Waals surface area contributed by atoms with Crippen molar-refractivity contribution < 1.29 is 9.47 Å². The van der Waals surface area contributed by atoms with E-state index in [4.69, 9.17) is 15.2 Å². The van der Waals surface area contributed by atoms with Gasteiger partial charge in [0.05, 0.1) is 12.3 Å². The Morgan fingerprint density at radius 2 is 2.69 bits per heavy atom. The average Bonchev–Trinajstić information content (AvgIpc) is 2.71. The second-order valence-electron chi connectivity index (χ2n) is 2.97. The lowest BCUT2D eigenvalue weighted by atomic mass is 10.2. The van der Waals surface area contributed by atoms with Crippen LogP contribution in [-0.2, 0) is 4.74 Å². The Bertz CT molecular complexity index is 271. The van der Waals surface area contributed by atoms with Crippen LogP contribution in [0.15, 0.2) is 6.20 Å². The van der Waals surface area contributed by atoms with Crippen molar-refractivity contribution in [1.82, 2.24) is 4.98 Å². The molecule has 0 aromatic carbocycles. The van der Waals surface area contributed by atoms with Gasteiger partial charge in [-0.05, 0) is 12.8 Å². The predicted octanol–water partition coefficient (Wildman–Crippen LogP) is 1.28. The van der Waals surface area contributed by atoms with Gasteiger partial charge < -0.3 is 15.2 Å². The fraction of sp³-hybridized carbons (Fsp3) is 0.625. The van der Waals surface area contributed by atoms with E-state index in [0.29, 0.717) is 16.8 Å². The molecule has 1 aromatic rings. The third-order valence-electron chi connectivity index (χ3n) is 1.92. The molecule has 4 nitrogen and oxygen atoms in total. The molecule has 72 valence electrons. The summed E-state index contributed by atoms with van der Waals surface area (Å²) in [7, 11) is 0. The predicted molar refractivity (Wildman–Crippen MR) is 51.0 cm³/mol. The summed E-state index contributed by atoms with van der Waals surface area (Å²) in [5, 5.41) is 1.32. The molecule has 0 bridgehead atoms. The maximum Gasteiger partial charge on any atom is 0.275 e. The summed E-state index contributed by atoms with van der Waals surface area (Å²) in [6.45, 7) is 1.45. The molecule has 0 saturated carbocycles. The highest BCUT2D eigenvalue weighted by molar-refractivity contribution is 7.17. The van der Waals surface area contributed by atoms with E-state index < -0.39 is 0 Å². The Kier molecular flexibility index (Phi) is 2.65. The smallest absolute Gasteiger partial charge is 0.275 e. The van der Waals surface area contributed by atoms with E-state index in [0.717, 1.165) is 19.4 Å². The highest BCUT2D eigenvalue weighted by atomic mass is 32.1. The zero-order chi connectivity index (χ0) is 9.10. The van der Waals surface area contributed by atoms with Gasteiger partial charge >= 0.3 is 0 Å². The maximum absolute atomic E-state index is 5.51. The van der Waals surface area contributed by atoms with Crippen LogP contribution in [0.2, 0.25) is 0 Å². The van der Waals surface area contributed by atoms with Crippen molar-refractivity contribution in [2.45, 2.75) is 18.9 Å². The summed E-state index contributed by atoms with van der Waals surface area (Å²) in [5.74, 6) is 0. The third kappa shape index (κ3) is 2.32. The van der Waals surface area contributed by atoms with Crippen LogP contribution in [-0.4, -0.2) is 24.3 Å². The van der Waals surface area contributed by atoms with E-state index in [2.05, 4.69) is 4.98 Å². The first-order valence-corrected chi connectivity index (χ1v) is 5.12. The Morgan fingerprint density at radius 3 is 3.31 bits per heavy atom. The van der Waals surface area contributed by atoms with E-state index in [1.807, 2.05) is 0 Å². The summed E-state index contributed by atoms with van der Waals surface area (Å²) in [4.78, 5) is 3.99. The Hall–Kier alpha value is -0.810. The average molecular weight is 200 g/mol. The number of nitrogen functional groups attached to an aromatic ring is 1. The van der Waals surface area contributed by atoms with Gasteiger partial charge in [0.15, 0.2) is 0 Å². The standard InChI is InChI=1S/C8H12N2O2S/c9-7-4-10-8(13-7)12-5-6-2-1-3-11-6/h4,6H,1-3,5,9H2. The molecule has 1 aromatic heterocycles. The van der Waals surface area contributed by atoms with Crippen molar-refractivity contribution in [1.29, 1.82) is 0 Å². The van der Waals surface area contributed by atoms with Gasteiger partial charge in [-0.2, -0.15) is 0 Å². The number of hydrogen-bond acceptors (Lipinski definition) is 5. The van der Waals surface area contributed by atoms with Crippen LogP contribution in [0.3, 0.4) is 0 Å². The van der Waals surface area contributed by atoms with E-state index in [1.54, 1.807) is 6.20 Å². The summed E-state index contributed by atoms with van der Waals surface area (Å²) in [6, 6.07) is 0. The minimum atomic E-state index is 0.241. The molecule has 0 amide bonds. The van der Waals surface area contributed by atoms with Crippen molar-refractivity contribution in [3.05, 3.63) is 6.20 Å². The summed E-state index contributed by atoms with van der Waals surface area (Å²) < 4.78 is 10.8. The van der Waals surface area contributed by atoms with Gasteiger partial charge in [-0.15, -0.1) is 0 Å². The van der Waals surface area contributed by atoms with Crippen molar-refractivity contribution in [2.75, 3.05) is 18.9 Å². The van der Waals surface area contributed by atoms with Crippen LogP contribution < -0.4 is 10.5 Å². The largest absolute Gasteiger partial charge is 0.467 e. The topological polar surface area (TPSA) is 57.4 Å². The fourth-order valence-corrected chi connectivity index (χ4v) is 1.82. The molecular formula is C8H12N2O2S. The van der Waals surface area contributed by atoms with Gasteiger partial charge in [-0.3, -0.25) is 0 Å². The lowest BCUT2D eigenvalue weighted by Crippen LogP contribution is -2.16. The van der Waals surface area contributed by atoms with Crippen LogP contribution in [0.4, 0.5) is 5.00 Å². The molecule has 13 heavy (non-hydrogen) atoms. The van der Waals surface area contributed by atoms with E-state index in [1.165, 1.54) is 11.3 Å². The minimum Gasteiger partial charge on any atom is -0.467 e. The number of ether oxygens (including phenoxy) is 2. The van der Waals surface area contributed by atoms with Crippen LogP contribution in [0.1, 0.15) is 12.8 Å². The lowest BCUT2D eigenvalue weighted by molar-refractivity contribution is 0.0678. The highest BCUT2D eigenvalue weighted by Crippen LogP contribution is 2.23. The third-order valence-corrected chi connectivity index (χ3v) is 2.66. The molecule has 1 fully saturated rings. The Morgan fingerprint density at radius 1 is 1.77 bits per heavy atom.